The van der Waals surface area contributed by atoms with Crippen LogP contribution in [0.2, 0.25) is 0 Å². The van der Waals surface area contributed by atoms with E-state index in [1.165, 1.54) is 0 Å². The third-order valence-corrected chi connectivity index (χ3v) is 1.75. The van der Waals surface area contributed by atoms with Gasteiger partial charge in [-0.15, -0.1) is 0 Å². The molecule has 2 heteroatoms. The van der Waals surface area contributed by atoms with Gasteiger partial charge < -0.3 is 5.32 Å². The largest absolute Gasteiger partial charge is 0.350 e. The summed E-state index contributed by atoms with van der Waals surface area (Å²) >= 11 is 0. The molecule has 0 aliphatic heterocycles. The number of rotatable bonds is 3. The Hall–Kier alpha value is -1.31. The van der Waals surface area contributed by atoms with Gasteiger partial charge in [0.05, 0.1) is 0 Å². The summed E-state index contributed by atoms with van der Waals surface area (Å²) in [6.45, 7) is -0.415. The zero-order chi connectivity index (χ0) is 12.2. The summed E-state index contributed by atoms with van der Waals surface area (Å²) in [7, 11) is 0. The molecule has 0 aliphatic rings. The minimum absolute atomic E-state index is 0.344. The number of nitrogens with one attached hydrogen (secondary N) is 1. The van der Waals surface area contributed by atoms with Crippen molar-refractivity contribution in [2.24, 2.45) is 0 Å². The maximum Gasteiger partial charge on any atom is 0.251 e. The van der Waals surface area contributed by atoms with Crippen molar-refractivity contribution in [1.29, 1.82) is 0 Å². The van der Waals surface area contributed by atoms with E-state index in [2.05, 4.69) is 5.32 Å². The first kappa shape index (κ1) is 6.19. The Morgan fingerprint density at radius 2 is 2.23 bits per heavy atom. The molecule has 0 heterocycles. The molecule has 0 unspecified atom stereocenters. The van der Waals surface area contributed by atoms with Crippen molar-refractivity contribution >= 4 is 5.91 Å². The van der Waals surface area contributed by atoms with Gasteiger partial charge >= 0.3 is 0 Å². The third kappa shape index (κ3) is 2.90. The highest BCUT2D eigenvalue weighted by atomic mass is 16.1. The number of amides is 1. The maximum atomic E-state index is 11.7. The topological polar surface area (TPSA) is 29.1 Å². The summed E-state index contributed by atoms with van der Waals surface area (Å²) in [6, 6.07) is 7.80. The van der Waals surface area contributed by atoms with Gasteiger partial charge in [0, 0.05) is 15.7 Å². The van der Waals surface area contributed by atoms with Crippen molar-refractivity contribution < 1.29 is 8.91 Å². The molecule has 1 N–H and O–H groups in total. The lowest BCUT2D eigenvalue weighted by Crippen LogP contribution is -2.31. The monoisotopic (exact) mass is 180 g/mol. The van der Waals surface area contributed by atoms with E-state index in [4.69, 9.17) is 4.11 Å². The summed E-state index contributed by atoms with van der Waals surface area (Å²) in [5, 5.41) is 2.52. The van der Waals surface area contributed by atoms with E-state index in [1.807, 2.05) is 0 Å². The average molecular weight is 180 g/mol. The smallest absolute Gasteiger partial charge is 0.251 e. The Morgan fingerprint density at radius 1 is 1.54 bits per heavy atom. The van der Waals surface area contributed by atoms with E-state index < -0.39 is 12.9 Å². The van der Waals surface area contributed by atoms with E-state index in [0.29, 0.717) is 12.0 Å². The summed E-state index contributed by atoms with van der Waals surface area (Å²) < 4.78 is 21.8. The molecule has 0 fully saturated rings. The van der Waals surface area contributed by atoms with Gasteiger partial charge in [-0.2, -0.15) is 0 Å². The second-order valence-electron chi connectivity index (χ2n) is 2.80. The lowest BCUT2D eigenvalue weighted by molar-refractivity contribution is 0.0939. The summed E-state index contributed by atoms with van der Waals surface area (Å²) in [6.07, 6.45) is 0.384. The molecule has 1 amide bonds. The summed E-state index contributed by atoms with van der Waals surface area (Å²) in [5.41, 5.74) is 0.477. The maximum absolute atomic E-state index is 11.7. The van der Waals surface area contributed by atoms with Crippen LogP contribution in [0, 0.1) is 0 Å². The van der Waals surface area contributed by atoms with Crippen molar-refractivity contribution in [3.8, 4) is 0 Å². The first-order valence-electron chi connectivity index (χ1n) is 5.81. The highest BCUT2D eigenvalue weighted by Gasteiger charge is 2.06. The Morgan fingerprint density at radius 3 is 2.77 bits per heavy atom. The lowest BCUT2D eigenvalue weighted by atomic mass is 10.2. The number of hydrogen-bond acceptors (Lipinski definition) is 1. The molecule has 1 aromatic rings. The molecule has 1 aromatic carbocycles. The molecule has 0 aliphatic carbocycles. The van der Waals surface area contributed by atoms with Crippen molar-refractivity contribution in [3.05, 3.63) is 35.9 Å². The minimum Gasteiger partial charge on any atom is -0.350 e. The van der Waals surface area contributed by atoms with Gasteiger partial charge in [-0.3, -0.25) is 4.79 Å². The van der Waals surface area contributed by atoms with Crippen molar-refractivity contribution in [2.75, 3.05) is 0 Å². The fraction of sp³-hybridized carbons (Fsp3) is 0.364. The molecule has 0 saturated heterocycles. The first-order chi connectivity index (χ1) is 7.45. The van der Waals surface area contributed by atoms with E-state index in [-0.39, 0.29) is 5.91 Å². The van der Waals surface area contributed by atoms with Gasteiger partial charge in [0.2, 0.25) is 0 Å². The molecule has 0 spiro atoms. The highest BCUT2D eigenvalue weighted by Crippen LogP contribution is 1.99. The van der Waals surface area contributed by atoms with Crippen molar-refractivity contribution in [3.63, 3.8) is 0 Å². The molecular weight excluding hydrogens is 162 g/mol. The van der Waals surface area contributed by atoms with Gasteiger partial charge in [0.25, 0.3) is 5.91 Å². The third-order valence-electron chi connectivity index (χ3n) is 1.75. The van der Waals surface area contributed by atoms with Gasteiger partial charge in [-0.1, -0.05) is 25.1 Å². The molecule has 1 atom stereocenters. The van der Waals surface area contributed by atoms with Crippen LogP contribution >= 0.6 is 0 Å². The molecule has 2 nitrogen and oxygen atoms in total. The van der Waals surface area contributed by atoms with Gasteiger partial charge in [0.15, 0.2) is 0 Å². The SMILES string of the molecule is [2H]C([2H])([2H])[C@H](CC)NC(=O)c1ccccc1. The van der Waals surface area contributed by atoms with E-state index in [0.717, 1.165) is 0 Å². The molecule has 1 rings (SSSR count). The average Bonchev–Trinajstić information content (AvgIpc) is 2.25. The van der Waals surface area contributed by atoms with Crippen LogP contribution in [-0.4, -0.2) is 11.9 Å². The predicted octanol–water partition coefficient (Wildman–Crippen LogP) is 2.21. The van der Waals surface area contributed by atoms with Crippen LogP contribution in [0.5, 0.6) is 0 Å². The quantitative estimate of drug-likeness (QED) is 0.759. The number of carbonyl (C=O) groups excluding carboxylic acids is 1. The number of carbonyl (C=O) groups is 1. The van der Waals surface area contributed by atoms with Crippen molar-refractivity contribution in [2.45, 2.75) is 26.2 Å². The number of benzene rings is 1. The Labute approximate surface area is 83.2 Å². The second-order valence-corrected chi connectivity index (χ2v) is 2.80. The zero-order valence-corrected chi connectivity index (χ0v) is 7.58. The Balaban J connectivity index is 2.71. The van der Waals surface area contributed by atoms with Crippen molar-refractivity contribution in [1.82, 2.24) is 5.32 Å². The van der Waals surface area contributed by atoms with E-state index in [9.17, 15) is 4.79 Å². The standard InChI is InChI=1S/C11H15NO/c1-3-9(2)12-11(13)10-7-5-4-6-8-10/h4-9H,3H2,1-2H3,(H,12,13)/t9-/m1/s1/i2D3. The molecule has 0 radical (unpaired) electrons. The van der Waals surface area contributed by atoms with E-state index >= 15 is 0 Å². The molecule has 13 heavy (non-hydrogen) atoms. The van der Waals surface area contributed by atoms with Crippen LogP contribution in [0.1, 0.15) is 34.7 Å². The molecule has 0 aromatic heterocycles. The van der Waals surface area contributed by atoms with Gasteiger partial charge in [-0.05, 0) is 25.4 Å². The van der Waals surface area contributed by atoms with E-state index in [1.54, 1.807) is 37.3 Å². The van der Waals surface area contributed by atoms with Crippen LogP contribution in [0.4, 0.5) is 0 Å². The summed E-state index contributed by atoms with van der Waals surface area (Å²) in [4.78, 5) is 11.7. The van der Waals surface area contributed by atoms with Crippen LogP contribution < -0.4 is 5.32 Å². The highest BCUT2D eigenvalue weighted by molar-refractivity contribution is 5.94. The molecule has 70 valence electrons. The lowest BCUT2D eigenvalue weighted by Gasteiger charge is -2.10. The zero-order valence-electron chi connectivity index (χ0n) is 10.6. The first-order valence-corrected chi connectivity index (χ1v) is 4.31. The van der Waals surface area contributed by atoms with Gasteiger partial charge in [-0.25, -0.2) is 0 Å². The minimum atomic E-state index is -2.15. The normalized spacial score (nSPS) is 16.5. The number of hydrogen-bond donors (Lipinski definition) is 1. The van der Waals surface area contributed by atoms with Crippen LogP contribution in [-0.2, 0) is 0 Å². The summed E-state index contributed by atoms with van der Waals surface area (Å²) in [5.74, 6) is -0.344. The molecule has 0 bridgehead atoms. The fourth-order valence-corrected chi connectivity index (χ4v) is 0.933. The Bertz CT molecular complexity index is 348. The van der Waals surface area contributed by atoms with Gasteiger partial charge in [0.1, 0.15) is 0 Å². The van der Waals surface area contributed by atoms with Crippen LogP contribution in [0.3, 0.4) is 0 Å². The molecular formula is C11H15NO. The Kier molecular flexibility index (Phi) is 2.21. The fourth-order valence-electron chi connectivity index (χ4n) is 0.933. The predicted molar refractivity (Wildman–Crippen MR) is 53.7 cm³/mol. The van der Waals surface area contributed by atoms with Crippen LogP contribution in [0.15, 0.2) is 30.3 Å². The van der Waals surface area contributed by atoms with Crippen LogP contribution in [0.25, 0.3) is 0 Å². The second kappa shape index (κ2) is 4.65. The molecule has 0 saturated carbocycles.